The average molecular weight is 351 g/mol. The smallest absolute Gasteiger partial charge is 0.352 e. The van der Waals surface area contributed by atoms with Gasteiger partial charge < -0.3 is 10.0 Å². The van der Waals surface area contributed by atoms with Gasteiger partial charge in [0.15, 0.2) is 0 Å². The highest BCUT2D eigenvalue weighted by Gasteiger charge is 2.20. The maximum Gasteiger partial charge on any atom is 0.352 e. The minimum absolute atomic E-state index is 0.0659. The zero-order valence-electron chi connectivity index (χ0n) is 12.7. The Morgan fingerprint density at radius 2 is 1.92 bits per heavy atom. The van der Waals surface area contributed by atoms with Crippen molar-refractivity contribution in [2.45, 2.75) is 19.3 Å². The van der Waals surface area contributed by atoms with Crippen molar-refractivity contribution in [3.8, 4) is 5.69 Å². The molecule has 1 aliphatic heterocycles. The first-order valence-electron chi connectivity index (χ1n) is 7.49. The average Bonchev–Trinajstić information content (AvgIpc) is 2.55. The number of anilines is 1. The summed E-state index contributed by atoms with van der Waals surface area (Å²) in [6.07, 6.45) is 2.95. The van der Waals surface area contributed by atoms with E-state index in [1.807, 2.05) is 4.90 Å². The number of carboxylic acids is 1. The zero-order valence-corrected chi connectivity index (χ0v) is 13.4. The van der Waals surface area contributed by atoms with Crippen molar-refractivity contribution < 1.29 is 9.90 Å². The van der Waals surface area contributed by atoms with E-state index in [4.69, 9.17) is 11.6 Å². The summed E-state index contributed by atoms with van der Waals surface area (Å²) in [5, 5.41) is 9.28. The van der Waals surface area contributed by atoms with E-state index in [1.54, 1.807) is 0 Å². The van der Waals surface area contributed by atoms with Gasteiger partial charge in [-0.15, -0.1) is 0 Å². The molecule has 1 fully saturated rings. The third kappa shape index (κ3) is 3.05. The monoisotopic (exact) mass is 350 g/mol. The van der Waals surface area contributed by atoms with Crippen LogP contribution in [0.4, 0.5) is 5.95 Å². The summed E-state index contributed by atoms with van der Waals surface area (Å²) in [7, 11) is 0. The van der Waals surface area contributed by atoms with E-state index in [0.29, 0.717) is 13.1 Å². The summed E-state index contributed by atoms with van der Waals surface area (Å²) < 4.78 is 1.20. The molecule has 1 aromatic heterocycles. The lowest BCUT2D eigenvalue weighted by molar-refractivity contribution is 0.0697. The number of aromatic carboxylic acids is 1. The quantitative estimate of drug-likeness (QED) is 0.862. The molecule has 0 atom stereocenters. The topological polar surface area (TPSA) is 108 Å². The van der Waals surface area contributed by atoms with Gasteiger partial charge in [-0.25, -0.2) is 19.0 Å². The highest BCUT2D eigenvalue weighted by Crippen LogP contribution is 2.23. The Labute approximate surface area is 141 Å². The van der Waals surface area contributed by atoms with E-state index >= 15 is 0 Å². The molecule has 9 heteroatoms. The third-order valence-electron chi connectivity index (χ3n) is 3.90. The number of aromatic nitrogens is 3. The van der Waals surface area contributed by atoms with Gasteiger partial charge in [0.05, 0.1) is 16.3 Å². The molecule has 1 aliphatic rings. The van der Waals surface area contributed by atoms with Crippen LogP contribution < -0.4 is 16.3 Å². The molecule has 2 heterocycles. The Hall–Kier alpha value is -2.61. The number of hydrogen-bond acceptors (Lipinski definition) is 5. The number of rotatable bonds is 3. The fraction of sp³-hybridized carbons (Fsp3) is 0.333. The third-order valence-corrected chi connectivity index (χ3v) is 4.23. The van der Waals surface area contributed by atoms with Crippen LogP contribution in [0.1, 0.15) is 29.6 Å². The first-order chi connectivity index (χ1) is 11.5. The number of piperidine rings is 1. The standard InChI is InChI=1S/C15H15ClN4O4/c16-11-5-4-9(8-10(11)12(21)22)20-14(17-13(23)18-15(20)24)19-6-2-1-3-7-19/h4-5,8H,1-3,6-7H2,(H,21,22)(H,18,23,24). The van der Waals surface area contributed by atoms with Crippen LogP contribution in [0.5, 0.6) is 0 Å². The van der Waals surface area contributed by atoms with Crippen molar-refractivity contribution in [3.05, 3.63) is 49.8 Å². The number of carbonyl (C=O) groups is 1. The van der Waals surface area contributed by atoms with E-state index in [9.17, 15) is 19.5 Å². The van der Waals surface area contributed by atoms with Gasteiger partial charge in [-0.3, -0.25) is 4.98 Å². The lowest BCUT2D eigenvalue weighted by Crippen LogP contribution is -2.40. The summed E-state index contributed by atoms with van der Waals surface area (Å²) >= 11 is 5.88. The van der Waals surface area contributed by atoms with Crippen LogP contribution in [-0.2, 0) is 0 Å². The normalized spacial score (nSPS) is 14.6. The molecule has 1 saturated heterocycles. The van der Waals surface area contributed by atoms with Crippen molar-refractivity contribution in [2.75, 3.05) is 18.0 Å². The number of benzene rings is 1. The molecule has 0 radical (unpaired) electrons. The number of nitrogens with zero attached hydrogens (tertiary/aromatic N) is 3. The predicted molar refractivity (Wildman–Crippen MR) is 88.5 cm³/mol. The lowest BCUT2D eigenvalue weighted by Gasteiger charge is -2.29. The first-order valence-corrected chi connectivity index (χ1v) is 7.87. The molecule has 0 bridgehead atoms. The lowest BCUT2D eigenvalue weighted by atomic mass is 10.1. The van der Waals surface area contributed by atoms with E-state index in [-0.39, 0.29) is 22.2 Å². The fourth-order valence-electron chi connectivity index (χ4n) is 2.76. The number of hydrogen-bond donors (Lipinski definition) is 2. The molecule has 24 heavy (non-hydrogen) atoms. The van der Waals surface area contributed by atoms with E-state index in [0.717, 1.165) is 19.3 Å². The van der Waals surface area contributed by atoms with Crippen LogP contribution in [0, 0.1) is 0 Å². The maximum atomic E-state index is 12.3. The SMILES string of the molecule is O=C(O)c1cc(-n2c(N3CCCCC3)nc(=O)[nH]c2=O)ccc1Cl. The molecule has 0 saturated carbocycles. The van der Waals surface area contributed by atoms with Crippen LogP contribution >= 0.6 is 11.6 Å². The summed E-state index contributed by atoms with van der Waals surface area (Å²) in [6.45, 7) is 1.35. The minimum Gasteiger partial charge on any atom is -0.478 e. The fourth-order valence-corrected chi connectivity index (χ4v) is 2.96. The summed E-state index contributed by atoms with van der Waals surface area (Å²) in [6, 6.07) is 4.21. The number of nitrogens with one attached hydrogen (secondary N) is 1. The van der Waals surface area contributed by atoms with Crippen molar-refractivity contribution >= 4 is 23.5 Å². The molecule has 0 spiro atoms. The molecule has 0 amide bonds. The highest BCUT2D eigenvalue weighted by atomic mass is 35.5. The van der Waals surface area contributed by atoms with Gasteiger partial charge in [0.1, 0.15) is 0 Å². The molecule has 2 aromatic rings. The van der Waals surface area contributed by atoms with Crippen molar-refractivity contribution in [1.82, 2.24) is 14.5 Å². The van der Waals surface area contributed by atoms with Crippen molar-refractivity contribution in [2.24, 2.45) is 0 Å². The van der Waals surface area contributed by atoms with Crippen LogP contribution in [0.25, 0.3) is 5.69 Å². The Balaban J connectivity index is 2.20. The van der Waals surface area contributed by atoms with Gasteiger partial charge in [-0.05, 0) is 37.5 Å². The van der Waals surface area contributed by atoms with Crippen LogP contribution in [0.15, 0.2) is 27.8 Å². The first kappa shape index (κ1) is 16.3. The summed E-state index contributed by atoms with van der Waals surface area (Å²) in [5.41, 5.74) is -1.25. The molecule has 1 aromatic carbocycles. The molecular weight excluding hydrogens is 336 g/mol. The van der Waals surface area contributed by atoms with Gasteiger partial charge in [-0.2, -0.15) is 4.98 Å². The van der Waals surface area contributed by atoms with Gasteiger partial charge in [-0.1, -0.05) is 11.6 Å². The number of carboxylic acid groups (broad SMARTS) is 1. The Morgan fingerprint density at radius 3 is 2.58 bits per heavy atom. The predicted octanol–water partition coefficient (Wildman–Crippen LogP) is 1.26. The number of aromatic amines is 1. The molecule has 8 nitrogen and oxygen atoms in total. The van der Waals surface area contributed by atoms with Crippen molar-refractivity contribution in [3.63, 3.8) is 0 Å². The van der Waals surface area contributed by atoms with E-state index in [1.165, 1.54) is 22.8 Å². The Bertz CT molecular complexity index is 899. The van der Waals surface area contributed by atoms with E-state index in [2.05, 4.69) is 9.97 Å². The Morgan fingerprint density at radius 1 is 1.21 bits per heavy atom. The second-order valence-corrected chi connectivity index (χ2v) is 5.91. The van der Waals surface area contributed by atoms with Crippen LogP contribution in [0.2, 0.25) is 5.02 Å². The zero-order chi connectivity index (χ0) is 17.3. The van der Waals surface area contributed by atoms with Gasteiger partial charge in [0.25, 0.3) is 0 Å². The summed E-state index contributed by atoms with van der Waals surface area (Å²) in [4.78, 5) is 43.1. The second kappa shape index (κ2) is 6.48. The number of H-pyrrole nitrogens is 1. The maximum absolute atomic E-state index is 12.3. The van der Waals surface area contributed by atoms with Crippen molar-refractivity contribution in [1.29, 1.82) is 0 Å². The largest absolute Gasteiger partial charge is 0.478 e. The van der Waals surface area contributed by atoms with E-state index < -0.39 is 17.3 Å². The molecular formula is C15H15ClN4O4. The van der Waals surface area contributed by atoms with Crippen LogP contribution in [-0.4, -0.2) is 38.7 Å². The van der Waals surface area contributed by atoms with Gasteiger partial charge >= 0.3 is 17.3 Å². The Kier molecular flexibility index (Phi) is 4.39. The summed E-state index contributed by atoms with van der Waals surface area (Å²) in [5.74, 6) is -0.992. The minimum atomic E-state index is -1.20. The number of halogens is 1. The molecule has 126 valence electrons. The highest BCUT2D eigenvalue weighted by molar-refractivity contribution is 6.33. The van der Waals surface area contributed by atoms with Gasteiger partial charge in [0, 0.05) is 13.1 Å². The molecule has 0 unspecified atom stereocenters. The van der Waals surface area contributed by atoms with Gasteiger partial charge in [0.2, 0.25) is 5.95 Å². The van der Waals surface area contributed by atoms with Crippen LogP contribution in [0.3, 0.4) is 0 Å². The molecule has 3 rings (SSSR count). The molecule has 2 N–H and O–H groups in total. The molecule has 0 aliphatic carbocycles. The second-order valence-electron chi connectivity index (χ2n) is 5.50.